The van der Waals surface area contributed by atoms with Crippen molar-refractivity contribution < 1.29 is 85.9 Å². The highest BCUT2D eigenvalue weighted by Gasteiger charge is 2.45. The van der Waals surface area contributed by atoms with Crippen LogP contribution in [0.4, 0.5) is 13.5 Å². The summed E-state index contributed by atoms with van der Waals surface area (Å²) in [5, 5.41) is 30.1. The van der Waals surface area contributed by atoms with Crippen molar-refractivity contribution in [1.82, 2.24) is 0 Å². The molecule has 8 atom stereocenters. The van der Waals surface area contributed by atoms with Crippen LogP contribution in [0, 0.1) is 11.8 Å². The number of halogens is 3. The number of hydrogen-bond acceptors (Lipinski definition) is 15. The lowest BCUT2D eigenvalue weighted by atomic mass is 9.99. The number of fused-ring (bicyclic) bond motifs is 3. The number of benzene rings is 2. The zero-order valence-corrected chi connectivity index (χ0v) is 36.4. The van der Waals surface area contributed by atoms with Gasteiger partial charge in [0.05, 0.1) is 26.4 Å². The largest absolute Gasteiger partial charge is 0.507 e. The number of carbonyl (C=O) groups excluding carboxylic acids is 4. The molecule has 1 saturated heterocycles. The molecule has 0 amide bonds. The summed E-state index contributed by atoms with van der Waals surface area (Å²) < 4.78 is 72.5. The fourth-order valence-electron chi connectivity index (χ4n) is 6.45. The third-order valence-corrected chi connectivity index (χ3v) is 10.2. The molecule has 2 unspecified atom stereocenters. The van der Waals surface area contributed by atoms with Crippen LogP contribution < -0.4 is 14.2 Å². The van der Waals surface area contributed by atoms with Crippen LogP contribution in [-0.4, -0.2) is 109 Å². The van der Waals surface area contributed by atoms with Crippen LogP contribution in [0.1, 0.15) is 86.2 Å². The molecule has 3 N–H and O–H groups in total. The average molecular weight is 893 g/mol. The molecule has 1 fully saturated rings. The van der Waals surface area contributed by atoms with Gasteiger partial charge in [0.2, 0.25) is 11.6 Å². The number of esters is 2. The van der Waals surface area contributed by atoms with Gasteiger partial charge in [-0.05, 0) is 75.9 Å². The molecule has 0 radical (unpaired) electrons. The quantitative estimate of drug-likeness (QED) is 0.216. The first-order valence-corrected chi connectivity index (χ1v) is 19.8. The second-order valence-corrected chi connectivity index (χ2v) is 15.3. The molecule has 2 aromatic carbocycles. The SMILES string of the molecule is COCOc1cc(OC)cc2c1C(=O)O[C@@H](C)[C@H](C)/C=C(/F)C(=O)C1OC(C)(C)O[C@H]1C/C=C/2.COc1cc(O)c2c(c1)/C=C/C[C@H](O)C(O)C(=O)/C(F)=C\[C@@H](C)[C@H](C)OC2=O.F. The molecule has 63 heavy (non-hydrogen) atoms. The zero-order chi connectivity index (χ0) is 46.1. The van der Waals surface area contributed by atoms with E-state index in [2.05, 4.69) is 0 Å². The summed E-state index contributed by atoms with van der Waals surface area (Å²) in [5.74, 6) is -7.48. The van der Waals surface area contributed by atoms with Gasteiger partial charge in [0.15, 0.2) is 30.3 Å². The van der Waals surface area contributed by atoms with Gasteiger partial charge in [-0.15, -0.1) is 0 Å². The van der Waals surface area contributed by atoms with E-state index in [0.717, 1.165) is 12.2 Å². The number of ether oxygens (including phenoxy) is 8. The number of aliphatic hydroxyl groups is 2. The summed E-state index contributed by atoms with van der Waals surface area (Å²) in [6.07, 6.45) is 1.42. The summed E-state index contributed by atoms with van der Waals surface area (Å²) in [7, 11) is 4.35. The molecule has 0 saturated carbocycles. The molecule has 0 aromatic heterocycles. The van der Waals surface area contributed by atoms with Crippen molar-refractivity contribution in [3.8, 4) is 23.0 Å². The Labute approximate surface area is 363 Å². The van der Waals surface area contributed by atoms with Crippen LogP contribution in [0.2, 0.25) is 0 Å². The van der Waals surface area contributed by atoms with Gasteiger partial charge in [-0.2, -0.15) is 0 Å². The van der Waals surface area contributed by atoms with Gasteiger partial charge in [-0.3, -0.25) is 14.3 Å². The minimum Gasteiger partial charge on any atom is -0.507 e. The Morgan fingerprint density at radius 3 is 1.79 bits per heavy atom. The van der Waals surface area contributed by atoms with E-state index in [9.17, 15) is 43.3 Å². The van der Waals surface area contributed by atoms with Crippen LogP contribution >= 0.6 is 0 Å². The van der Waals surface area contributed by atoms with Crippen LogP contribution in [0.15, 0.2) is 60.2 Å². The van der Waals surface area contributed by atoms with Crippen LogP contribution in [0.5, 0.6) is 23.0 Å². The normalized spacial score (nSPS) is 29.2. The van der Waals surface area contributed by atoms with Crippen molar-refractivity contribution in [2.45, 2.75) is 96.8 Å². The smallest absolute Gasteiger partial charge is 0.342 e. The first kappa shape index (κ1) is 51.8. The third-order valence-electron chi connectivity index (χ3n) is 10.2. The van der Waals surface area contributed by atoms with Crippen LogP contribution in [-0.2, 0) is 33.3 Å². The predicted molar refractivity (Wildman–Crippen MR) is 222 cm³/mol. The first-order valence-electron chi connectivity index (χ1n) is 19.8. The van der Waals surface area contributed by atoms with E-state index >= 15 is 0 Å². The number of phenolic OH excluding ortho intramolecular Hbond substituents is 1. The lowest BCUT2D eigenvalue weighted by molar-refractivity contribution is -0.153. The van der Waals surface area contributed by atoms with Gasteiger partial charge in [0.1, 0.15) is 52.4 Å². The Kier molecular flexibility index (Phi) is 18.7. The first-order chi connectivity index (χ1) is 29.2. The predicted octanol–water partition coefficient (Wildman–Crippen LogP) is 6.51. The van der Waals surface area contributed by atoms with Crippen molar-refractivity contribution in [2.75, 3.05) is 28.1 Å². The molecule has 3 aliphatic rings. The van der Waals surface area contributed by atoms with Crippen molar-refractivity contribution >= 4 is 35.7 Å². The summed E-state index contributed by atoms with van der Waals surface area (Å²) in [5.41, 5.74) is 0.790. The van der Waals surface area contributed by atoms with Gasteiger partial charge in [0.25, 0.3) is 0 Å². The number of aliphatic hydroxyl groups excluding tert-OH is 2. The number of Topliss-reactive ketones (excluding diaryl/α,β-unsaturated/α-hetero) is 2. The Balaban J connectivity index is 0.000000336. The Bertz CT molecular complexity index is 2090. The van der Waals surface area contributed by atoms with E-state index < -0.39 is 89.4 Å². The Hall–Kier alpha value is -5.53. The number of cyclic esters (lactones) is 2. The molecule has 0 bridgehead atoms. The molecule has 3 heterocycles. The van der Waals surface area contributed by atoms with Crippen molar-refractivity contribution in [3.05, 3.63) is 82.5 Å². The lowest BCUT2D eigenvalue weighted by Gasteiger charge is -2.21. The number of methoxy groups -OCH3 is 3. The number of rotatable bonds is 5. The molecule has 3 aliphatic heterocycles. The van der Waals surface area contributed by atoms with E-state index in [1.807, 2.05) is 0 Å². The van der Waals surface area contributed by atoms with E-state index in [1.165, 1.54) is 59.5 Å². The van der Waals surface area contributed by atoms with Crippen molar-refractivity contribution in [3.63, 3.8) is 0 Å². The second-order valence-electron chi connectivity index (χ2n) is 15.3. The monoisotopic (exact) mass is 892 g/mol. The highest BCUT2D eigenvalue weighted by atomic mass is 19.1. The minimum atomic E-state index is -1.94. The van der Waals surface area contributed by atoms with Crippen LogP contribution in [0.25, 0.3) is 12.2 Å². The van der Waals surface area contributed by atoms with Crippen LogP contribution in [0.3, 0.4) is 0 Å². The van der Waals surface area contributed by atoms with E-state index in [-0.39, 0.29) is 58.3 Å². The maximum absolute atomic E-state index is 14.9. The number of carbonyl (C=O) groups is 4. The maximum Gasteiger partial charge on any atom is 0.342 e. The number of hydrogen-bond donors (Lipinski definition) is 3. The summed E-state index contributed by atoms with van der Waals surface area (Å²) >= 11 is 0. The van der Waals surface area contributed by atoms with E-state index in [4.69, 9.17) is 37.9 Å². The molecule has 2 aromatic rings. The average Bonchev–Trinajstić information content (AvgIpc) is 3.54. The number of phenols is 1. The van der Waals surface area contributed by atoms with Crippen molar-refractivity contribution in [1.29, 1.82) is 0 Å². The molecule has 15 nitrogen and oxygen atoms in total. The standard InChI is InChI=1S/C25H31FO8.C20H23FO7.FH/c1-14-10-18(26)22(27)23-19(33-25(3,4)34-23)9-7-8-16-11-17(30-6)12-20(31-13-29-5)21(16)24(28)32-15(14)2;1-10-7-14(21)18(24)19(25)15(22)6-4-5-12-8-13(27-3)9-16(23)17(12)20(26)28-11(10)2;/h7-8,10-12,14-15,19,23H,9,13H2,1-6H3;4-5,7-11,15,19,22-23,25H,6H2,1-3H3;1H/b8-7+,18-10+;5-4+,14-7+;/t14-,15+,19+,23?;10-,11+,15+,19?;/m11./s1. The molecular weight excluding hydrogens is 837 g/mol. The molecule has 0 aliphatic carbocycles. The highest BCUT2D eigenvalue weighted by molar-refractivity contribution is 5.99. The molecule has 18 heteroatoms. The molecular formula is C45H55F3O15. The Morgan fingerprint density at radius 1 is 0.730 bits per heavy atom. The summed E-state index contributed by atoms with van der Waals surface area (Å²) in [6, 6.07) is 5.97. The van der Waals surface area contributed by atoms with E-state index in [1.54, 1.807) is 52.0 Å². The fourth-order valence-corrected chi connectivity index (χ4v) is 6.45. The Morgan fingerprint density at radius 2 is 1.24 bits per heavy atom. The van der Waals surface area contributed by atoms with Gasteiger partial charge in [0, 0.05) is 31.1 Å². The van der Waals surface area contributed by atoms with Gasteiger partial charge in [-0.1, -0.05) is 38.2 Å². The number of aromatic hydroxyl groups is 1. The topological polar surface area (TPSA) is 203 Å². The highest BCUT2D eigenvalue weighted by Crippen LogP contribution is 2.36. The van der Waals surface area contributed by atoms with Gasteiger partial charge >= 0.3 is 11.9 Å². The fraction of sp³-hybridized carbons (Fsp3) is 0.467. The second kappa shape index (κ2) is 22.7. The van der Waals surface area contributed by atoms with Gasteiger partial charge < -0.3 is 53.2 Å². The molecule has 5 rings (SSSR count). The van der Waals surface area contributed by atoms with E-state index in [0.29, 0.717) is 11.3 Å². The van der Waals surface area contributed by atoms with Crippen molar-refractivity contribution in [2.24, 2.45) is 11.8 Å². The minimum absolute atomic E-state index is 0. The summed E-state index contributed by atoms with van der Waals surface area (Å²) in [6.45, 7) is 9.55. The number of ketones is 2. The summed E-state index contributed by atoms with van der Waals surface area (Å²) in [4.78, 5) is 50.5. The lowest BCUT2D eigenvalue weighted by Crippen LogP contribution is -2.34. The zero-order valence-electron chi connectivity index (χ0n) is 36.4. The molecule has 0 spiro atoms. The van der Waals surface area contributed by atoms with Gasteiger partial charge in [-0.25, -0.2) is 18.4 Å². The maximum atomic E-state index is 14.9. The molecule has 346 valence electrons. The third kappa shape index (κ3) is 13.2.